The van der Waals surface area contributed by atoms with Crippen molar-refractivity contribution >= 4 is 21.6 Å². The summed E-state index contributed by atoms with van der Waals surface area (Å²) in [6.07, 6.45) is 0. The van der Waals surface area contributed by atoms with Crippen molar-refractivity contribution in [2.75, 3.05) is 18.0 Å². The predicted octanol–water partition coefficient (Wildman–Crippen LogP) is 4.28. The van der Waals surface area contributed by atoms with E-state index in [4.69, 9.17) is 0 Å². The summed E-state index contributed by atoms with van der Waals surface area (Å²) < 4.78 is 1.17. The molecule has 1 aliphatic heterocycles. The molecule has 1 N–H and O–H groups in total. The van der Waals surface area contributed by atoms with Gasteiger partial charge in [-0.1, -0.05) is 36.7 Å². The molecule has 0 bridgehead atoms. The van der Waals surface area contributed by atoms with Crippen LogP contribution >= 0.6 is 15.9 Å². The summed E-state index contributed by atoms with van der Waals surface area (Å²) in [5.41, 5.74) is 4.42. The third-order valence-corrected chi connectivity index (χ3v) is 4.82. The Balaban J connectivity index is 2.35. The summed E-state index contributed by atoms with van der Waals surface area (Å²) in [5.74, 6) is 0. The van der Waals surface area contributed by atoms with Gasteiger partial charge in [-0.3, -0.25) is 0 Å². The van der Waals surface area contributed by atoms with Crippen LogP contribution in [0.1, 0.15) is 38.8 Å². The molecule has 1 aromatic carbocycles. The van der Waals surface area contributed by atoms with Crippen molar-refractivity contribution in [3.63, 3.8) is 0 Å². The van der Waals surface area contributed by atoms with Gasteiger partial charge in [0, 0.05) is 35.3 Å². The van der Waals surface area contributed by atoms with Crippen LogP contribution in [0.5, 0.6) is 0 Å². The number of nitrogens with one attached hydrogen (secondary N) is 1. The van der Waals surface area contributed by atoms with Crippen LogP contribution in [0.3, 0.4) is 0 Å². The molecule has 2 atom stereocenters. The number of hydrogen-bond donors (Lipinski definition) is 1. The van der Waals surface area contributed by atoms with Crippen molar-refractivity contribution in [3.05, 3.63) is 27.7 Å². The number of halogens is 1. The molecule has 0 spiro atoms. The van der Waals surface area contributed by atoms with E-state index in [0.29, 0.717) is 12.1 Å². The van der Waals surface area contributed by atoms with Crippen LogP contribution in [0, 0.1) is 19.3 Å². The molecule has 0 aromatic heterocycles. The van der Waals surface area contributed by atoms with E-state index >= 15 is 0 Å². The van der Waals surface area contributed by atoms with Crippen LogP contribution in [0.25, 0.3) is 0 Å². The van der Waals surface area contributed by atoms with Gasteiger partial charge in [0.1, 0.15) is 0 Å². The van der Waals surface area contributed by atoms with Gasteiger partial charge in [0.2, 0.25) is 0 Å². The number of benzene rings is 1. The van der Waals surface area contributed by atoms with Gasteiger partial charge in [0.25, 0.3) is 0 Å². The molecule has 1 fully saturated rings. The molecule has 2 nitrogen and oxygen atoms in total. The van der Waals surface area contributed by atoms with E-state index in [1.54, 1.807) is 0 Å². The van der Waals surface area contributed by atoms with Gasteiger partial charge in [0.15, 0.2) is 0 Å². The summed E-state index contributed by atoms with van der Waals surface area (Å²) in [7, 11) is 0. The summed E-state index contributed by atoms with van der Waals surface area (Å²) >= 11 is 3.60. The first-order valence-corrected chi connectivity index (χ1v) is 8.26. The lowest BCUT2D eigenvalue weighted by Gasteiger charge is -2.46. The van der Waals surface area contributed by atoms with E-state index in [9.17, 15) is 0 Å². The van der Waals surface area contributed by atoms with E-state index in [1.807, 2.05) is 0 Å². The Bertz CT molecular complexity index is 467. The fourth-order valence-corrected chi connectivity index (χ4v) is 3.80. The number of rotatable bonds is 1. The Morgan fingerprint density at radius 3 is 2.25 bits per heavy atom. The highest BCUT2D eigenvalue weighted by Gasteiger charge is 2.33. The van der Waals surface area contributed by atoms with Crippen LogP contribution < -0.4 is 10.2 Å². The fraction of sp³-hybridized carbons (Fsp3) is 0.647. The lowest BCUT2D eigenvalue weighted by molar-refractivity contribution is 0.238. The maximum Gasteiger partial charge on any atom is 0.0429 e. The first kappa shape index (κ1) is 15.8. The molecule has 0 radical (unpaired) electrons. The zero-order valence-electron chi connectivity index (χ0n) is 13.5. The van der Waals surface area contributed by atoms with E-state index in [-0.39, 0.29) is 5.41 Å². The number of aryl methyl sites for hydroxylation is 2. The highest BCUT2D eigenvalue weighted by Crippen LogP contribution is 2.33. The Hall–Kier alpha value is -0.540. The zero-order chi connectivity index (χ0) is 15.1. The third kappa shape index (κ3) is 3.20. The van der Waals surface area contributed by atoms with Crippen molar-refractivity contribution in [1.82, 2.24) is 5.32 Å². The lowest BCUT2D eigenvalue weighted by Crippen LogP contribution is -2.60. The average Bonchev–Trinajstić information content (AvgIpc) is 2.28. The Kier molecular flexibility index (Phi) is 4.50. The smallest absolute Gasteiger partial charge is 0.0429 e. The second-order valence-corrected chi connectivity index (χ2v) is 8.13. The SMILES string of the molecule is Cc1cc(Br)cc(C)c1N1CC(C(C)(C)C)NCC1C. The molecule has 1 saturated heterocycles. The predicted molar refractivity (Wildman–Crippen MR) is 91.7 cm³/mol. The van der Waals surface area contributed by atoms with E-state index < -0.39 is 0 Å². The van der Waals surface area contributed by atoms with E-state index in [1.165, 1.54) is 21.3 Å². The van der Waals surface area contributed by atoms with Crippen molar-refractivity contribution < 1.29 is 0 Å². The molecule has 1 aromatic rings. The fourth-order valence-electron chi connectivity index (χ4n) is 3.11. The average molecular weight is 339 g/mol. The van der Waals surface area contributed by atoms with Crippen LogP contribution in [0.2, 0.25) is 0 Å². The molecule has 2 rings (SSSR count). The molecule has 20 heavy (non-hydrogen) atoms. The number of piperazine rings is 1. The summed E-state index contributed by atoms with van der Waals surface area (Å²) in [4.78, 5) is 2.59. The second-order valence-electron chi connectivity index (χ2n) is 7.22. The van der Waals surface area contributed by atoms with Gasteiger partial charge in [0.05, 0.1) is 0 Å². The molecule has 3 heteroatoms. The first-order chi connectivity index (χ1) is 9.20. The highest BCUT2D eigenvalue weighted by molar-refractivity contribution is 9.10. The standard InChI is InChI=1S/C17H27BrN2/c1-11-7-14(18)8-12(2)16(11)20-10-15(17(4,5)6)19-9-13(20)3/h7-8,13,15,19H,9-10H2,1-6H3. The van der Waals surface area contributed by atoms with Gasteiger partial charge in [-0.05, 0) is 49.4 Å². The van der Waals surface area contributed by atoms with Crippen molar-refractivity contribution in [1.29, 1.82) is 0 Å². The van der Waals surface area contributed by atoms with Crippen LogP contribution in [-0.2, 0) is 0 Å². The van der Waals surface area contributed by atoms with Crippen LogP contribution in [0.4, 0.5) is 5.69 Å². The maximum absolute atomic E-state index is 3.71. The van der Waals surface area contributed by atoms with Gasteiger partial charge in [-0.25, -0.2) is 0 Å². The normalized spacial score (nSPS) is 24.1. The minimum absolute atomic E-state index is 0.287. The molecular weight excluding hydrogens is 312 g/mol. The summed E-state index contributed by atoms with van der Waals surface area (Å²) in [6, 6.07) is 5.51. The van der Waals surface area contributed by atoms with Crippen LogP contribution in [-0.4, -0.2) is 25.2 Å². The number of hydrogen-bond acceptors (Lipinski definition) is 2. The quantitative estimate of drug-likeness (QED) is 0.822. The maximum atomic E-state index is 3.71. The topological polar surface area (TPSA) is 15.3 Å². The largest absolute Gasteiger partial charge is 0.366 e. The highest BCUT2D eigenvalue weighted by atomic mass is 79.9. The molecule has 112 valence electrons. The van der Waals surface area contributed by atoms with Gasteiger partial charge in [-0.15, -0.1) is 0 Å². The Morgan fingerprint density at radius 2 is 1.75 bits per heavy atom. The van der Waals surface area contributed by atoms with Crippen molar-refractivity contribution in [2.45, 2.75) is 53.6 Å². The first-order valence-electron chi connectivity index (χ1n) is 7.47. The Labute approximate surface area is 132 Å². The lowest BCUT2D eigenvalue weighted by atomic mass is 9.84. The molecule has 0 amide bonds. The summed E-state index contributed by atoms with van der Waals surface area (Å²) in [6.45, 7) is 15.8. The molecular formula is C17H27BrN2. The minimum atomic E-state index is 0.287. The van der Waals surface area contributed by atoms with Gasteiger partial charge < -0.3 is 10.2 Å². The zero-order valence-corrected chi connectivity index (χ0v) is 15.1. The number of nitrogens with zero attached hydrogens (tertiary/aromatic N) is 1. The summed E-state index contributed by atoms with van der Waals surface area (Å²) in [5, 5.41) is 3.71. The monoisotopic (exact) mass is 338 g/mol. The Morgan fingerprint density at radius 1 is 1.20 bits per heavy atom. The molecule has 0 aliphatic carbocycles. The number of anilines is 1. The third-order valence-electron chi connectivity index (χ3n) is 4.36. The molecule has 0 saturated carbocycles. The van der Waals surface area contributed by atoms with Gasteiger partial charge >= 0.3 is 0 Å². The van der Waals surface area contributed by atoms with E-state index in [2.05, 4.69) is 79.8 Å². The second kappa shape index (κ2) is 5.69. The van der Waals surface area contributed by atoms with Crippen LogP contribution in [0.15, 0.2) is 16.6 Å². The van der Waals surface area contributed by atoms with E-state index in [0.717, 1.165) is 13.1 Å². The molecule has 2 unspecified atom stereocenters. The minimum Gasteiger partial charge on any atom is -0.366 e. The van der Waals surface area contributed by atoms with Crippen molar-refractivity contribution in [3.8, 4) is 0 Å². The van der Waals surface area contributed by atoms with Crippen molar-refractivity contribution in [2.24, 2.45) is 5.41 Å². The molecule has 1 heterocycles. The van der Waals surface area contributed by atoms with Gasteiger partial charge in [-0.2, -0.15) is 0 Å². The molecule has 1 aliphatic rings.